The van der Waals surface area contributed by atoms with E-state index < -0.39 is 40.1 Å². The molecule has 2 aromatic rings. The van der Waals surface area contributed by atoms with Crippen LogP contribution < -0.4 is 5.32 Å². The van der Waals surface area contributed by atoms with E-state index >= 15 is 0 Å². The number of hydrogen-bond donors (Lipinski definition) is 2. The highest BCUT2D eigenvalue weighted by Crippen LogP contribution is 2.37. The maximum atomic E-state index is 13.1. The number of hydrogen-bond acceptors (Lipinski definition) is 4. The minimum atomic E-state index is -4.90. The maximum absolute atomic E-state index is 13.1. The molecule has 0 aliphatic carbocycles. The van der Waals surface area contributed by atoms with Gasteiger partial charge in [0.15, 0.2) is 0 Å². The third kappa shape index (κ3) is 4.30. The first-order chi connectivity index (χ1) is 13.1. The molecule has 6 nitrogen and oxygen atoms in total. The van der Waals surface area contributed by atoms with Crippen molar-refractivity contribution >= 4 is 34.1 Å². The molecule has 11 heteroatoms. The lowest BCUT2D eigenvalue weighted by molar-refractivity contribution is -0.730. The molecular formula is C17H12F4N3O3S+. The van der Waals surface area contributed by atoms with Crippen LogP contribution in [0.1, 0.15) is 11.1 Å². The third-order valence-corrected chi connectivity index (χ3v) is 4.92. The SMILES string of the molecule is O=C(Nc1ccc([N+](=O)O)c(C(F)(F)F)c1)C1CSC(c2ccc(F)cc2)=N1. The highest BCUT2D eigenvalue weighted by molar-refractivity contribution is 8.14. The number of rotatable bonds is 4. The van der Waals surface area contributed by atoms with Gasteiger partial charge in [-0.2, -0.15) is 13.2 Å². The molecule has 0 radical (unpaired) electrons. The number of carbonyl (C=O) groups is 1. The Morgan fingerprint density at radius 2 is 1.89 bits per heavy atom. The van der Waals surface area contributed by atoms with Gasteiger partial charge in [0.05, 0.1) is 9.95 Å². The number of benzene rings is 2. The topological polar surface area (TPSA) is 81.8 Å². The number of nitrogens with zero attached hydrogens (tertiary/aromatic N) is 2. The monoisotopic (exact) mass is 414 g/mol. The zero-order valence-electron chi connectivity index (χ0n) is 13.9. The number of alkyl halides is 3. The minimum absolute atomic E-state index is 0.196. The van der Waals surface area contributed by atoms with Crippen LogP contribution in [0.2, 0.25) is 0 Å². The fraction of sp³-hybridized carbons (Fsp3) is 0.176. The molecule has 0 spiro atoms. The van der Waals surface area contributed by atoms with Crippen LogP contribution in [0.3, 0.4) is 0 Å². The van der Waals surface area contributed by atoms with Crippen LogP contribution in [-0.4, -0.2) is 32.9 Å². The Labute approximate surface area is 159 Å². The molecular weight excluding hydrogens is 402 g/mol. The van der Waals surface area contributed by atoms with Gasteiger partial charge in [-0.3, -0.25) is 9.79 Å². The maximum Gasteiger partial charge on any atom is 0.423 e. The van der Waals surface area contributed by atoms with E-state index in [0.717, 1.165) is 12.1 Å². The minimum Gasteiger partial charge on any atom is -0.324 e. The molecule has 146 valence electrons. The molecule has 0 fully saturated rings. The van der Waals surface area contributed by atoms with E-state index in [-0.39, 0.29) is 11.4 Å². The normalized spacial score (nSPS) is 16.6. The summed E-state index contributed by atoms with van der Waals surface area (Å²) in [4.78, 5) is 26.6. The second-order valence-corrected chi connectivity index (χ2v) is 6.77. The largest absolute Gasteiger partial charge is 0.423 e. The van der Waals surface area contributed by atoms with E-state index in [4.69, 9.17) is 5.21 Å². The number of amides is 1. The Kier molecular flexibility index (Phi) is 5.36. The van der Waals surface area contributed by atoms with Crippen molar-refractivity contribution in [1.82, 2.24) is 0 Å². The van der Waals surface area contributed by atoms with Crippen molar-refractivity contribution < 1.29 is 32.5 Å². The molecule has 3 rings (SSSR count). The van der Waals surface area contributed by atoms with Crippen molar-refractivity contribution in [2.24, 2.45) is 4.99 Å². The van der Waals surface area contributed by atoms with Crippen LogP contribution in [0.4, 0.5) is 28.9 Å². The van der Waals surface area contributed by atoms with Gasteiger partial charge in [0.2, 0.25) is 5.91 Å². The second-order valence-electron chi connectivity index (χ2n) is 5.76. The number of anilines is 1. The van der Waals surface area contributed by atoms with E-state index in [0.29, 0.717) is 16.7 Å². The Balaban J connectivity index is 1.78. The summed E-state index contributed by atoms with van der Waals surface area (Å²) in [6, 6.07) is 7.07. The lowest BCUT2D eigenvalue weighted by Gasteiger charge is -2.11. The summed E-state index contributed by atoms with van der Waals surface area (Å²) in [6.07, 6.45) is -4.90. The Bertz CT molecular complexity index is 961. The first-order valence-corrected chi connectivity index (χ1v) is 8.78. The fourth-order valence-corrected chi connectivity index (χ4v) is 3.54. The third-order valence-electron chi connectivity index (χ3n) is 3.82. The lowest BCUT2D eigenvalue weighted by Crippen LogP contribution is -2.26. The molecule has 1 heterocycles. The van der Waals surface area contributed by atoms with Crippen LogP contribution in [0.5, 0.6) is 0 Å². The van der Waals surface area contributed by atoms with E-state index in [9.17, 15) is 27.3 Å². The highest BCUT2D eigenvalue weighted by Gasteiger charge is 2.40. The molecule has 2 aromatic carbocycles. The zero-order chi connectivity index (χ0) is 20.5. The van der Waals surface area contributed by atoms with Crippen LogP contribution >= 0.6 is 11.8 Å². The quantitative estimate of drug-likeness (QED) is 0.582. The molecule has 1 aliphatic rings. The van der Waals surface area contributed by atoms with Gasteiger partial charge >= 0.3 is 11.9 Å². The molecule has 2 N–H and O–H groups in total. The summed E-state index contributed by atoms with van der Waals surface area (Å²) < 4.78 is 52.1. The van der Waals surface area contributed by atoms with Crippen LogP contribution in [0, 0.1) is 10.7 Å². The van der Waals surface area contributed by atoms with Crippen molar-refractivity contribution in [3.8, 4) is 0 Å². The second kappa shape index (κ2) is 7.58. The number of aliphatic imine (C=N–C) groups is 1. The summed E-state index contributed by atoms with van der Waals surface area (Å²) in [7, 11) is 0. The van der Waals surface area contributed by atoms with Gasteiger partial charge in [0.1, 0.15) is 17.4 Å². The average Bonchev–Trinajstić information content (AvgIpc) is 3.11. The molecule has 28 heavy (non-hydrogen) atoms. The number of carbonyl (C=O) groups excluding carboxylic acids is 1. The summed E-state index contributed by atoms with van der Waals surface area (Å²) in [5, 5.41) is 11.7. The lowest BCUT2D eigenvalue weighted by atomic mass is 10.1. The Hall–Kier alpha value is -2.95. The van der Waals surface area contributed by atoms with Gasteiger partial charge in [0, 0.05) is 23.1 Å². The van der Waals surface area contributed by atoms with Crippen molar-refractivity contribution in [2.45, 2.75) is 12.2 Å². The molecule has 1 atom stereocenters. The predicted octanol–water partition coefficient (Wildman–Crippen LogP) is 4.14. The average molecular weight is 414 g/mol. The van der Waals surface area contributed by atoms with E-state index in [1.165, 1.54) is 36.0 Å². The summed E-state index contributed by atoms with van der Waals surface area (Å²) in [5.41, 5.74) is -1.94. The smallest absolute Gasteiger partial charge is 0.324 e. The molecule has 1 aliphatic heterocycles. The van der Waals surface area contributed by atoms with Crippen molar-refractivity contribution in [1.29, 1.82) is 0 Å². The zero-order valence-corrected chi connectivity index (χ0v) is 14.7. The van der Waals surface area contributed by atoms with Gasteiger partial charge in [-0.1, -0.05) is 0 Å². The molecule has 0 aromatic heterocycles. The highest BCUT2D eigenvalue weighted by atomic mass is 32.2. The van der Waals surface area contributed by atoms with Crippen molar-refractivity contribution in [2.75, 3.05) is 11.1 Å². The Morgan fingerprint density at radius 3 is 2.50 bits per heavy atom. The summed E-state index contributed by atoms with van der Waals surface area (Å²) in [5.74, 6) is -0.771. The van der Waals surface area contributed by atoms with Gasteiger partial charge < -0.3 is 5.32 Å². The van der Waals surface area contributed by atoms with Gasteiger partial charge in [-0.15, -0.1) is 11.8 Å². The molecule has 0 saturated heterocycles. The van der Waals surface area contributed by atoms with Gasteiger partial charge in [0.25, 0.3) is 4.92 Å². The van der Waals surface area contributed by atoms with Crippen LogP contribution in [-0.2, 0) is 11.0 Å². The molecule has 1 unspecified atom stereocenters. The van der Waals surface area contributed by atoms with Crippen LogP contribution in [0.15, 0.2) is 47.5 Å². The molecule has 1 amide bonds. The standard InChI is InChI=1S/C17H11F4N3O3S/c18-10-3-1-9(2-4-10)16-23-13(8-28-16)15(25)22-11-5-6-14(24(26)27)12(7-11)17(19,20)21/h1-7,13H,8H2,(H-,22,25,26,27)/p+1. The predicted molar refractivity (Wildman–Crippen MR) is 94.3 cm³/mol. The van der Waals surface area contributed by atoms with E-state index in [1.807, 2.05) is 0 Å². The molecule has 0 bridgehead atoms. The number of thioether (sulfide) groups is 1. The molecule has 0 saturated carbocycles. The van der Waals surface area contributed by atoms with E-state index in [1.54, 1.807) is 0 Å². The van der Waals surface area contributed by atoms with Crippen molar-refractivity contribution in [3.05, 3.63) is 64.3 Å². The summed E-state index contributed by atoms with van der Waals surface area (Å²) >= 11 is 1.27. The van der Waals surface area contributed by atoms with Gasteiger partial charge in [-0.25, -0.2) is 9.60 Å². The van der Waals surface area contributed by atoms with Crippen molar-refractivity contribution in [3.63, 3.8) is 0 Å². The van der Waals surface area contributed by atoms with Crippen LogP contribution in [0.25, 0.3) is 0 Å². The Morgan fingerprint density at radius 1 is 1.21 bits per heavy atom. The summed E-state index contributed by atoms with van der Waals surface area (Å²) in [6.45, 7) is 0. The first-order valence-electron chi connectivity index (χ1n) is 7.80. The number of nitrogens with one attached hydrogen (secondary N) is 1. The van der Waals surface area contributed by atoms with Gasteiger partial charge in [-0.05, 0) is 36.4 Å². The first kappa shape index (κ1) is 19.8. The van der Waals surface area contributed by atoms with E-state index in [2.05, 4.69) is 10.3 Å². The fourth-order valence-electron chi connectivity index (χ4n) is 2.49. The number of halogens is 4.